The number of nitrogens with zero attached hydrogens (tertiary/aromatic N) is 2. The van der Waals surface area contributed by atoms with Gasteiger partial charge in [0, 0.05) is 11.7 Å². The minimum atomic E-state index is 0.129. The zero-order valence-electron chi connectivity index (χ0n) is 15.8. The summed E-state index contributed by atoms with van der Waals surface area (Å²) in [4.78, 5) is 0. The molecule has 0 atom stereocenters. The lowest BCUT2D eigenvalue weighted by Crippen LogP contribution is -2.36. The van der Waals surface area contributed by atoms with Crippen LogP contribution < -0.4 is 10.1 Å². The quantitative estimate of drug-likeness (QED) is 0.629. The molecule has 1 aromatic heterocycles. The Kier molecular flexibility index (Phi) is 5.74. The number of aromatic nitrogens is 2. The van der Waals surface area contributed by atoms with E-state index in [4.69, 9.17) is 4.74 Å². The largest absolute Gasteiger partial charge is 0.476 e. The molecule has 0 spiro atoms. The fourth-order valence-electron chi connectivity index (χ4n) is 2.70. The molecule has 0 aliphatic rings. The molecular formula is C22H27N3O. The van der Waals surface area contributed by atoms with Gasteiger partial charge in [0.1, 0.15) is 0 Å². The lowest BCUT2D eigenvalue weighted by Gasteiger charge is -2.20. The highest BCUT2D eigenvalue weighted by Crippen LogP contribution is 2.30. The molecule has 0 unspecified atom stereocenters. The van der Waals surface area contributed by atoms with Gasteiger partial charge in [-0.2, -0.15) is 0 Å². The third-order valence-corrected chi connectivity index (χ3v) is 4.00. The van der Waals surface area contributed by atoms with Crippen molar-refractivity contribution >= 4 is 0 Å². The zero-order valence-corrected chi connectivity index (χ0v) is 15.8. The Hall–Kier alpha value is -2.59. The first-order chi connectivity index (χ1) is 12.5. The molecule has 0 bridgehead atoms. The van der Waals surface area contributed by atoms with Gasteiger partial charge in [-0.25, -0.2) is 4.68 Å². The maximum Gasteiger partial charge on any atom is 0.241 e. The highest BCUT2D eigenvalue weighted by molar-refractivity contribution is 5.68. The molecule has 0 aliphatic carbocycles. The van der Waals surface area contributed by atoms with Crippen LogP contribution >= 0.6 is 0 Å². The first-order valence-electron chi connectivity index (χ1n) is 9.11. The van der Waals surface area contributed by atoms with Crippen molar-refractivity contribution in [3.8, 4) is 22.7 Å². The molecule has 0 amide bonds. The second-order valence-corrected chi connectivity index (χ2v) is 7.37. The summed E-state index contributed by atoms with van der Waals surface area (Å²) in [7, 11) is 0. The normalized spacial score (nSPS) is 11.5. The molecule has 3 rings (SSSR count). The van der Waals surface area contributed by atoms with Crippen molar-refractivity contribution in [2.75, 3.05) is 13.2 Å². The van der Waals surface area contributed by atoms with Crippen LogP contribution in [-0.4, -0.2) is 28.5 Å². The summed E-state index contributed by atoms with van der Waals surface area (Å²) in [6.07, 6.45) is 2.97. The van der Waals surface area contributed by atoms with Crippen molar-refractivity contribution in [1.29, 1.82) is 0 Å². The average molecular weight is 349 g/mol. The van der Waals surface area contributed by atoms with E-state index in [1.165, 1.54) is 0 Å². The van der Waals surface area contributed by atoms with Gasteiger partial charge in [-0.05, 0) is 51.4 Å². The van der Waals surface area contributed by atoms with Crippen LogP contribution in [0.5, 0.6) is 5.88 Å². The maximum absolute atomic E-state index is 6.04. The summed E-state index contributed by atoms with van der Waals surface area (Å²) in [5, 5.41) is 8.16. The summed E-state index contributed by atoms with van der Waals surface area (Å²) in [5.74, 6) is 0.677. The minimum absolute atomic E-state index is 0.129. The van der Waals surface area contributed by atoms with E-state index in [9.17, 15) is 0 Å². The van der Waals surface area contributed by atoms with Crippen LogP contribution in [0.3, 0.4) is 0 Å². The molecule has 0 radical (unpaired) electrons. The molecule has 0 saturated carbocycles. The number of rotatable bonds is 7. The van der Waals surface area contributed by atoms with E-state index >= 15 is 0 Å². The molecule has 4 heteroatoms. The number of hydrogen-bond donors (Lipinski definition) is 1. The number of benzene rings is 2. The molecule has 4 nitrogen and oxygen atoms in total. The van der Waals surface area contributed by atoms with Crippen molar-refractivity contribution < 1.29 is 4.74 Å². The van der Waals surface area contributed by atoms with Gasteiger partial charge in [-0.15, -0.1) is 5.10 Å². The van der Waals surface area contributed by atoms with Gasteiger partial charge in [0.2, 0.25) is 5.88 Å². The first kappa shape index (κ1) is 18.2. The second-order valence-electron chi connectivity index (χ2n) is 7.37. The number of nitrogens with one attached hydrogen (secondary N) is 1. The standard InChI is InChI=1S/C22H27N3O/c1-22(2,3)23-15-10-16-26-21-20(18-11-6-4-7-12-18)17-25(24-21)19-13-8-5-9-14-19/h4-9,11-14,17,23H,10,15-16H2,1-3H3. The molecule has 0 saturated heterocycles. The Morgan fingerprint density at radius 2 is 1.62 bits per heavy atom. The summed E-state index contributed by atoms with van der Waals surface area (Å²) in [6.45, 7) is 8.06. The topological polar surface area (TPSA) is 39.1 Å². The van der Waals surface area contributed by atoms with Crippen LogP contribution in [0.1, 0.15) is 27.2 Å². The zero-order chi connectivity index (χ0) is 18.4. The van der Waals surface area contributed by atoms with E-state index in [1.807, 2.05) is 59.4 Å². The average Bonchev–Trinajstić information content (AvgIpc) is 3.06. The predicted molar refractivity (Wildman–Crippen MR) is 107 cm³/mol. The van der Waals surface area contributed by atoms with Crippen molar-refractivity contribution in [1.82, 2.24) is 15.1 Å². The SMILES string of the molecule is CC(C)(C)NCCCOc1nn(-c2ccccc2)cc1-c1ccccc1. The van der Waals surface area contributed by atoms with Crippen LogP contribution in [0.25, 0.3) is 16.8 Å². The highest BCUT2D eigenvalue weighted by atomic mass is 16.5. The summed E-state index contributed by atoms with van der Waals surface area (Å²) < 4.78 is 7.92. The molecule has 136 valence electrons. The third-order valence-electron chi connectivity index (χ3n) is 4.00. The van der Waals surface area contributed by atoms with Gasteiger partial charge in [0.05, 0.1) is 17.9 Å². The maximum atomic E-state index is 6.04. The van der Waals surface area contributed by atoms with Crippen molar-refractivity contribution in [3.05, 3.63) is 66.9 Å². The van der Waals surface area contributed by atoms with Gasteiger partial charge in [0.25, 0.3) is 0 Å². The molecule has 0 aliphatic heterocycles. The van der Waals surface area contributed by atoms with E-state index in [2.05, 4.69) is 43.3 Å². The van der Waals surface area contributed by atoms with Crippen molar-refractivity contribution in [2.45, 2.75) is 32.7 Å². The number of ether oxygens (including phenoxy) is 1. The summed E-state index contributed by atoms with van der Waals surface area (Å²) in [6, 6.07) is 20.4. The van der Waals surface area contributed by atoms with Crippen LogP contribution in [0.15, 0.2) is 66.9 Å². The smallest absolute Gasteiger partial charge is 0.241 e. The van der Waals surface area contributed by atoms with Crippen LogP contribution in [0.2, 0.25) is 0 Å². The van der Waals surface area contributed by atoms with E-state index in [1.54, 1.807) is 0 Å². The number of hydrogen-bond acceptors (Lipinski definition) is 3. The van der Waals surface area contributed by atoms with Crippen molar-refractivity contribution in [2.24, 2.45) is 0 Å². The van der Waals surface area contributed by atoms with E-state index < -0.39 is 0 Å². The van der Waals surface area contributed by atoms with Gasteiger partial charge in [0.15, 0.2) is 0 Å². The minimum Gasteiger partial charge on any atom is -0.476 e. The molecule has 1 N–H and O–H groups in total. The molecule has 2 aromatic carbocycles. The van der Waals surface area contributed by atoms with E-state index in [0.717, 1.165) is 29.8 Å². The Bertz CT molecular complexity index is 804. The fourth-order valence-corrected chi connectivity index (χ4v) is 2.70. The Labute approximate surface area is 155 Å². The van der Waals surface area contributed by atoms with Gasteiger partial charge >= 0.3 is 0 Å². The van der Waals surface area contributed by atoms with Crippen LogP contribution in [0.4, 0.5) is 0 Å². The molecular weight excluding hydrogens is 322 g/mol. The summed E-state index contributed by atoms with van der Waals surface area (Å²) >= 11 is 0. The lowest BCUT2D eigenvalue weighted by atomic mass is 10.1. The molecule has 3 aromatic rings. The molecule has 0 fully saturated rings. The Balaban J connectivity index is 1.76. The van der Waals surface area contributed by atoms with E-state index in [-0.39, 0.29) is 5.54 Å². The second kappa shape index (κ2) is 8.19. The first-order valence-corrected chi connectivity index (χ1v) is 9.11. The van der Waals surface area contributed by atoms with Crippen molar-refractivity contribution in [3.63, 3.8) is 0 Å². The lowest BCUT2D eigenvalue weighted by molar-refractivity contribution is 0.287. The van der Waals surface area contributed by atoms with E-state index in [0.29, 0.717) is 12.5 Å². The van der Waals surface area contributed by atoms with Gasteiger partial charge in [-0.3, -0.25) is 0 Å². The molecule has 26 heavy (non-hydrogen) atoms. The predicted octanol–water partition coefficient (Wildman–Crippen LogP) is 4.70. The molecule has 1 heterocycles. The Morgan fingerprint density at radius 1 is 0.962 bits per heavy atom. The van der Waals surface area contributed by atoms with Crippen LogP contribution in [-0.2, 0) is 0 Å². The van der Waals surface area contributed by atoms with Gasteiger partial charge < -0.3 is 10.1 Å². The van der Waals surface area contributed by atoms with Crippen LogP contribution in [0, 0.1) is 0 Å². The number of para-hydroxylation sites is 1. The summed E-state index contributed by atoms with van der Waals surface area (Å²) in [5.41, 5.74) is 3.27. The monoisotopic (exact) mass is 349 g/mol. The highest BCUT2D eigenvalue weighted by Gasteiger charge is 2.14. The fraction of sp³-hybridized carbons (Fsp3) is 0.318. The third kappa shape index (κ3) is 4.96. The Morgan fingerprint density at radius 3 is 2.27 bits per heavy atom. The van der Waals surface area contributed by atoms with Gasteiger partial charge in [-0.1, -0.05) is 48.5 Å².